The summed E-state index contributed by atoms with van der Waals surface area (Å²) in [6.45, 7) is 4.36. The zero-order chi connectivity index (χ0) is 14.8. The van der Waals surface area contributed by atoms with Gasteiger partial charge in [-0.25, -0.2) is 0 Å². The predicted octanol–water partition coefficient (Wildman–Crippen LogP) is 4.95. The molecule has 2 N–H and O–H groups in total. The van der Waals surface area contributed by atoms with Crippen LogP contribution in [0.15, 0.2) is 53.0 Å². The Labute approximate surface area is 134 Å². The summed E-state index contributed by atoms with van der Waals surface area (Å²) in [5.41, 5.74) is 8.69. The van der Waals surface area contributed by atoms with Gasteiger partial charge in [-0.1, -0.05) is 77.8 Å². The van der Waals surface area contributed by atoms with Crippen LogP contribution in [-0.4, -0.2) is 6.04 Å². The SMILES string of the molecule is CC(C)(c1ccccc1)C(N)Cc1ccc(Br)cc1Cl. The van der Waals surface area contributed by atoms with Gasteiger partial charge in [0, 0.05) is 21.0 Å². The van der Waals surface area contributed by atoms with Gasteiger partial charge in [-0.05, 0) is 29.7 Å². The van der Waals surface area contributed by atoms with Crippen LogP contribution >= 0.6 is 27.5 Å². The van der Waals surface area contributed by atoms with Gasteiger partial charge in [0.2, 0.25) is 0 Å². The molecule has 0 radical (unpaired) electrons. The molecule has 20 heavy (non-hydrogen) atoms. The van der Waals surface area contributed by atoms with Crippen molar-refractivity contribution in [3.05, 3.63) is 69.2 Å². The van der Waals surface area contributed by atoms with E-state index in [2.05, 4.69) is 54.0 Å². The van der Waals surface area contributed by atoms with Crippen LogP contribution in [0.2, 0.25) is 5.02 Å². The summed E-state index contributed by atoms with van der Waals surface area (Å²) in [6, 6.07) is 16.3. The highest BCUT2D eigenvalue weighted by atomic mass is 79.9. The minimum absolute atomic E-state index is 0.00331. The molecule has 3 heteroatoms. The molecule has 0 saturated carbocycles. The third-order valence-electron chi connectivity index (χ3n) is 3.90. The highest BCUT2D eigenvalue weighted by molar-refractivity contribution is 9.10. The fourth-order valence-corrected chi connectivity index (χ4v) is 3.01. The van der Waals surface area contributed by atoms with Gasteiger partial charge < -0.3 is 5.73 Å². The fourth-order valence-electron chi connectivity index (χ4n) is 2.26. The molecule has 1 unspecified atom stereocenters. The summed E-state index contributed by atoms with van der Waals surface area (Å²) in [4.78, 5) is 0. The van der Waals surface area contributed by atoms with Crippen molar-refractivity contribution in [1.82, 2.24) is 0 Å². The van der Waals surface area contributed by atoms with Gasteiger partial charge in [0.05, 0.1) is 0 Å². The van der Waals surface area contributed by atoms with E-state index in [0.29, 0.717) is 0 Å². The molecular formula is C17H19BrClN. The summed E-state index contributed by atoms with van der Waals surface area (Å²) in [5, 5.41) is 0.763. The van der Waals surface area contributed by atoms with Crippen molar-refractivity contribution in [2.45, 2.75) is 31.7 Å². The van der Waals surface area contributed by atoms with Gasteiger partial charge in [0.15, 0.2) is 0 Å². The van der Waals surface area contributed by atoms with Crippen molar-refractivity contribution in [1.29, 1.82) is 0 Å². The molecule has 2 aromatic rings. The number of benzene rings is 2. The zero-order valence-corrected chi connectivity index (χ0v) is 14.1. The van der Waals surface area contributed by atoms with Crippen LogP contribution in [0.4, 0.5) is 0 Å². The Morgan fingerprint density at radius 1 is 1.15 bits per heavy atom. The van der Waals surface area contributed by atoms with Crippen LogP contribution in [0.25, 0.3) is 0 Å². The van der Waals surface area contributed by atoms with Gasteiger partial charge in [-0.3, -0.25) is 0 Å². The molecule has 0 saturated heterocycles. The second kappa shape index (κ2) is 6.30. The lowest BCUT2D eigenvalue weighted by Crippen LogP contribution is -2.42. The maximum absolute atomic E-state index is 6.45. The van der Waals surface area contributed by atoms with Crippen LogP contribution in [0.5, 0.6) is 0 Å². The maximum Gasteiger partial charge on any atom is 0.0449 e. The smallest absolute Gasteiger partial charge is 0.0449 e. The first-order valence-corrected chi connectivity index (χ1v) is 7.83. The first-order chi connectivity index (χ1) is 9.41. The highest BCUT2D eigenvalue weighted by Gasteiger charge is 2.28. The molecule has 0 aliphatic rings. The van der Waals surface area contributed by atoms with E-state index in [-0.39, 0.29) is 11.5 Å². The molecule has 0 heterocycles. The first-order valence-electron chi connectivity index (χ1n) is 6.66. The van der Waals surface area contributed by atoms with Crippen LogP contribution in [0.1, 0.15) is 25.0 Å². The second-order valence-corrected chi connectivity index (χ2v) is 6.96. The van der Waals surface area contributed by atoms with E-state index in [4.69, 9.17) is 17.3 Å². The average Bonchev–Trinajstić information content (AvgIpc) is 2.42. The lowest BCUT2D eigenvalue weighted by Gasteiger charge is -2.32. The number of nitrogens with two attached hydrogens (primary N) is 1. The number of hydrogen-bond donors (Lipinski definition) is 1. The molecule has 0 spiro atoms. The quantitative estimate of drug-likeness (QED) is 0.827. The maximum atomic E-state index is 6.45. The topological polar surface area (TPSA) is 26.0 Å². The number of halogens is 2. The van der Waals surface area contributed by atoms with Crippen LogP contribution in [0, 0.1) is 0 Å². The number of hydrogen-bond acceptors (Lipinski definition) is 1. The largest absolute Gasteiger partial charge is 0.327 e. The average molecular weight is 353 g/mol. The van der Waals surface area contributed by atoms with E-state index < -0.39 is 0 Å². The summed E-state index contributed by atoms with van der Waals surface area (Å²) >= 11 is 9.71. The third-order valence-corrected chi connectivity index (χ3v) is 4.74. The Kier molecular flexibility index (Phi) is 4.90. The number of rotatable bonds is 4. The highest BCUT2D eigenvalue weighted by Crippen LogP contribution is 2.30. The molecule has 0 aromatic heterocycles. The molecule has 1 atom stereocenters. The van der Waals surface area contributed by atoms with Gasteiger partial charge in [0.25, 0.3) is 0 Å². The van der Waals surface area contributed by atoms with E-state index in [1.54, 1.807) is 0 Å². The van der Waals surface area contributed by atoms with E-state index in [0.717, 1.165) is 21.5 Å². The molecule has 0 aliphatic heterocycles. The minimum atomic E-state index is -0.0995. The van der Waals surface area contributed by atoms with Crippen molar-refractivity contribution in [2.24, 2.45) is 5.73 Å². The second-order valence-electron chi connectivity index (χ2n) is 5.63. The molecule has 0 fully saturated rings. The van der Waals surface area contributed by atoms with Crippen LogP contribution < -0.4 is 5.73 Å². The molecule has 2 rings (SSSR count). The monoisotopic (exact) mass is 351 g/mol. The van der Waals surface area contributed by atoms with Crippen molar-refractivity contribution in [2.75, 3.05) is 0 Å². The predicted molar refractivity (Wildman–Crippen MR) is 90.3 cm³/mol. The van der Waals surface area contributed by atoms with E-state index >= 15 is 0 Å². The third kappa shape index (κ3) is 3.43. The molecule has 0 amide bonds. The molecule has 1 nitrogen and oxygen atoms in total. The molecule has 2 aromatic carbocycles. The minimum Gasteiger partial charge on any atom is -0.327 e. The van der Waals surface area contributed by atoms with E-state index in [9.17, 15) is 0 Å². The van der Waals surface area contributed by atoms with Crippen molar-refractivity contribution in [3.63, 3.8) is 0 Å². The Hall–Kier alpha value is -0.830. The first kappa shape index (κ1) is 15.6. The van der Waals surface area contributed by atoms with Gasteiger partial charge in [-0.15, -0.1) is 0 Å². The molecule has 106 valence electrons. The van der Waals surface area contributed by atoms with E-state index in [1.807, 2.05) is 24.3 Å². The molecule has 0 aliphatic carbocycles. The van der Waals surface area contributed by atoms with Crippen LogP contribution in [-0.2, 0) is 11.8 Å². The summed E-state index contributed by atoms with van der Waals surface area (Å²) in [5.74, 6) is 0. The summed E-state index contributed by atoms with van der Waals surface area (Å²) in [6.07, 6.45) is 0.758. The Morgan fingerprint density at radius 3 is 2.40 bits per heavy atom. The summed E-state index contributed by atoms with van der Waals surface area (Å²) in [7, 11) is 0. The van der Waals surface area contributed by atoms with Gasteiger partial charge in [0.1, 0.15) is 0 Å². The Morgan fingerprint density at radius 2 is 1.80 bits per heavy atom. The summed E-state index contributed by atoms with van der Waals surface area (Å²) < 4.78 is 0.988. The zero-order valence-electron chi connectivity index (χ0n) is 11.7. The lowest BCUT2D eigenvalue weighted by atomic mass is 9.76. The van der Waals surface area contributed by atoms with Crippen LogP contribution in [0.3, 0.4) is 0 Å². The van der Waals surface area contributed by atoms with Gasteiger partial charge in [-0.2, -0.15) is 0 Å². The standard InChI is InChI=1S/C17H19BrClN/c1-17(2,13-6-4-3-5-7-13)16(20)10-12-8-9-14(18)11-15(12)19/h3-9,11,16H,10,20H2,1-2H3. The lowest BCUT2D eigenvalue weighted by molar-refractivity contribution is 0.406. The normalized spacial score (nSPS) is 13.2. The Bertz CT molecular complexity index is 581. The van der Waals surface area contributed by atoms with Crippen molar-refractivity contribution in [3.8, 4) is 0 Å². The molecule has 0 bridgehead atoms. The Balaban J connectivity index is 2.21. The van der Waals surface area contributed by atoms with Crippen molar-refractivity contribution < 1.29 is 0 Å². The van der Waals surface area contributed by atoms with Gasteiger partial charge >= 0.3 is 0 Å². The van der Waals surface area contributed by atoms with E-state index in [1.165, 1.54) is 5.56 Å². The fraction of sp³-hybridized carbons (Fsp3) is 0.294. The molecular weight excluding hydrogens is 334 g/mol. The van der Waals surface area contributed by atoms with Crippen molar-refractivity contribution >= 4 is 27.5 Å².